The van der Waals surface area contributed by atoms with Crippen molar-refractivity contribution in [2.75, 3.05) is 34.0 Å². The first-order chi connectivity index (χ1) is 15.9. The van der Waals surface area contributed by atoms with Crippen molar-refractivity contribution in [1.29, 1.82) is 0 Å². The number of methoxy groups -OCH3 is 2. The first kappa shape index (κ1) is 27.0. The molecule has 6 nitrogen and oxygen atoms in total. The van der Waals surface area contributed by atoms with Crippen LogP contribution in [-0.4, -0.2) is 58.6 Å². The fourth-order valence-electron chi connectivity index (χ4n) is 3.41. The van der Waals surface area contributed by atoms with Crippen molar-refractivity contribution < 1.29 is 28.4 Å². The molecule has 0 aliphatic carbocycles. The minimum atomic E-state index is -0.625. The maximum atomic E-state index is 6.31. The van der Waals surface area contributed by atoms with Gasteiger partial charge in [-0.25, -0.2) is 0 Å². The lowest BCUT2D eigenvalue weighted by atomic mass is 10.1. The zero-order chi connectivity index (χ0) is 23.8. The molecule has 1 fully saturated rings. The number of hydrogen-bond acceptors (Lipinski definition) is 6. The molecule has 10 heteroatoms. The van der Waals surface area contributed by atoms with Gasteiger partial charge in [-0.3, -0.25) is 0 Å². The summed E-state index contributed by atoms with van der Waals surface area (Å²) < 4.78 is 34.7. The van der Waals surface area contributed by atoms with E-state index in [9.17, 15) is 0 Å². The van der Waals surface area contributed by atoms with Gasteiger partial charge in [0.25, 0.3) is 0 Å². The van der Waals surface area contributed by atoms with Crippen LogP contribution in [0.2, 0.25) is 20.1 Å². The van der Waals surface area contributed by atoms with Gasteiger partial charge < -0.3 is 28.4 Å². The molecular formula is C23H26Cl4O6. The highest BCUT2D eigenvalue weighted by Crippen LogP contribution is 2.30. The SMILES string of the molecule is COCCOC1C(OC)OC(COCc2ccc(Cl)cc2Cl)C1OCc1ccc(Cl)cc1Cl. The van der Waals surface area contributed by atoms with Crippen molar-refractivity contribution in [2.24, 2.45) is 0 Å². The zero-order valence-electron chi connectivity index (χ0n) is 18.3. The van der Waals surface area contributed by atoms with Crippen LogP contribution in [0.3, 0.4) is 0 Å². The van der Waals surface area contributed by atoms with Gasteiger partial charge >= 0.3 is 0 Å². The highest BCUT2D eigenvalue weighted by Gasteiger charge is 2.46. The van der Waals surface area contributed by atoms with Crippen LogP contribution in [0.5, 0.6) is 0 Å². The van der Waals surface area contributed by atoms with E-state index < -0.39 is 24.6 Å². The summed E-state index contributed by atoms with van der Waals surface area (Å²) in [6, 6.07) is 10.5. The van der Waals surface area contributed by atoms with Gasteiger partial charge in [0.2, 0.25) is 0 Å². The average molecular weight is 540 g/mol. The summed E-state index contributed by atoms with van der Waals surface area (Å²) in [5.41, 5.74) is 1.62. The Morgan fingerprint density at radius 3 is 2.00 bits per heavy atom. The summed E-state index contributed by atoms with van der Waals surface area (Å²) in [6.07, 6.45) is -2.02. The molecule has 0 bridgehead atoms. The quantitative estimate of drug-likeness (QED) is 0.317. The molecule has 0 N–H and O–H groups in total. The zero-order valence-corrected chi connectivity index (χ0v) is 21.3. The van der Waals surface area contributed by atoms with E-state index in [-0.39, 0.29) is 13.2 Å². The molecule has 1 heterocycles. The van der Waals surface area contributed by atoms with Crippen molar-refractivity contribution in [3.05, 3.63) is 67.6 Å². The van der Waals surface area contributed by atoms with Crippen molar-refractivity contribution in [1.82, 2.24) is 0 Å². The number of benzene rings is 2. The molecule has 0 aromatic heterocycles. The Hall–Kier alpha value is -0.640. The van der Waals surface area contributed by atoms with Gasteiger partial charge in [0, 0.05) is 34.3 Å². The Morgan fingerprint density at radius 2 is 1.42 bits per heavy atom. The minimum Gasteiger partial charge on any atom is -0.382 e. The predicted octanol–water partition coefficient (Wildman–Crippen LogP) is 5.81. The Labute approximate surface area is 213 Å². The maximum absolute atomic E-state index is 6.31. The van der Waals surface area contributed by atoms with Crippen LogP contribution < -0.4 is 0 Å². The van der Waals surface area contributed by atoms with Crippen molar-refractivity contribution in [3.63, 3.8) is 0 Å². The molecule has 0 saturated carbocycles. The lowest BCUT2D eigenvalue weighted by Gasteiger charge is -2.24. The van der Waals surface area contributed by atoms with Crippen molar-refractivity contribution in [2.45, 2.75) is 37.8 Å². The van der Waals surface area contributed by atoms with Gasteiger partial charge in [-0.1, -0.05) is 58.5 Å². The molecule has 182 valence electrons. The van der Waals surface area contributed by atoms with Crippen LogP contribution >= 0.6 is 46.4 Å². The highest BCUT2D eigenvalue weighted by molar-refractivity contribution is 6.35. The Kier molecular flexibility index (Phi) is 11.0. The monoisotopic (exact) mass is 538 g/mol. The summed E-state index contributed by atoms with van der Waals surface area (Å²) in [7, 11) is 3.17. The molecule has 3 rings (SSSR count). The second-order valence-corrected chi connectivity index (χ2v) is 9.06. The standard InChI is InChI=1S/C23H26Cl4O6/c1-28-7-8-31-22-21(32-12-15-4-6-17(25)10-19(15)27)20(33-23(22)29-2)13-30-11-14-3-5-16(24)9-18(14)26/h3-6,9-10,20-23H,7-8,11-13H2,1-2H3. The second kappa shape index (κ2) is 13.4. The van der Waals surface area contributed by atoms with Gasteiger partial charge in [-0.15, -0.1) is 0 Å². The summed E-state index contributed by atoms with van der Waals surface area (Å²) >= 11 is 24.5. The summed E-state index contributed by atoms with van der Waals surface area (Å²) in [4.78, 5) is 0. The third-order valence-electron chi connectivity index (χ3n) is 5.10. The van der Waals surface area contributed by atoms with Crippen molar-refractivity contribution >= 4 is 46.4 Å². The summed E-state index contributed by atoms with van der Waals surface area (Å²) in [5, 5.41) is 2.18. The van der Waals surface area contributed by atoms with E-state index in [0.717, 1.165) is 11.1 Å². The molecule has 1 aliphatic heterocycles. The number of hydrogen-bond donors (Lipinski definition) is 0. The number of halogens is 4. The topological polar surface area (TPSA) is 55.4 Å². The molecular weight excluding hydrogens is 514 g/mol. The van der Waals surface area contributed by atoms with E-state index in [4.69, 9.17) is 74.8 Å². The van der Waals surface area contributed by atoms with Crippen LogP contribution in [0.4, 0.5) is 0 Å². The predicted molar refractivity (Wildman–Crippen MR) is 128 cm³/mol. The van der Waals surface area contributed by atoms with Gasteiger partial charge in [-0.05, 0) is 35.4 Å². The van der Waals surface area contributed by atoms with Crippen LogP contribution in [0.25, 0.3) is 0 Å². The van der Waals surface area contributed by atoms with Crippen LogP contribution in [0, 0.1) is 0 Å². The Bertz CT molecular complexity index is 899. The largest absolute Gasteiger partial charge is 0.382 e. The lowest BCUT2D eigenvalue weighted by Crippen LogP contribution is -2.40. The van der Waals surface area contributed by atoms with Crippen LogP contribution in [0.15, 0.2) is 36.4 Å². The molecule has 0 radical (unpaired) electrons. The van der Waals surface area contributed by atoms with Crippen molar-refractivity contribution in [3.8, 4) is 0 Å². The van der Waals surface area contributed by atoms with E-state index >= 15 is 0 Å². The van der Waals surface area contributed by atoms with E-state index in [2.05, 4.69) is 0 Å². The summed E-state index contributed by atoms with van der Waals surface area (Å²) in [6.45, 7) is 1.56. The van der Waals surface area contributed by atoms with Gasteiger partial charge in [0.1, 0.15) is 18.3 Å². The third kappa shape index (κ3) is 7.67. The van der Waals surface area contributed by atoms with E-state index in [1.165, 1.54) is 0 Å². The van der Waals surface area contributed by atoms with E-state index in [1.54, 1.807) is 38.5 Å². The molecule has 1 aliphatic rings. The maximum Gasteiger partial charge on any atom is 0.186 e. The fraction of sp³-hybridized carbons (Fsp3) is 0.478. The summed E-state index contributed by atoms with van der Waals surface area (Å²) in [5.74, 6) is 0. The van der Waals surface area contributed by atoms with Crippen LogP contribution in [-0.2, 0) is 41.6 Å². The molecule has 4 atom stereocenters. The van der Waals surface area contributed by atoms with E-state index in [1.807, 2.05) is 12.1 Å². The Morgan fingerprint density at radius 1 is 0.788 bits per heavy atom. The third-order valence-corrected chi connectivity index (χ3v) is 6.27. The van der Waals surface area contributed by atoms with Crippen LogP contribution in [0.1, 0.15) is 11.1 Å². The van der Waals surface area contributed by atoms with Gasteiger partial charge in [0.05, 0.1) is 33.0 Å². The Balaban J connectivity index is 1.68. The minimum absolute atomic E-state index is 0.238. The molecule has 1 saturated heterocycles. The molecule has 2 aromatic rings. The van der Waals surface area contributed by atoms with E-state index in [0.29, 0.717) is 39.9 Å². The first-order valence-corrected chi connectivity index (χ1v) is 11.8. The second-order valence-electron chi connectivity index (χ2n) is 7.37. The lowest BCUT2D eigenvalue weighted by molar-refractivity contribution is -0.170. The molecule has 0 spiro atoms. The fourth-order valence-corrected chi connectivity index (χ4v) is 4.34. The highest BCUT2D eigenvalue weighted by atomic mass is 35.5. The molecule has 2 aromatic carbocycles. The number of rotatable bonds is 12. The van der Waals surface area contributed by atoms with Gasteiger partial charge in [0.15, 0.2) is 6.29 Å². The smallest absolute Gasteiger partial charge is 0.186 e. The number of ether oxygens (including phenoxy) is 6. The molecule has 0 amide bonds. The molecule has 33 heavy (non-hydrogen) atoms. The molecule has 4 unspecified atom stereocenters. The first-order valence-electron chi connectivity index (χ1n) is 10.3. The normalized spacial score (nSPS) is 22.7. The average Bonchev–Trinajstić information content (AvgIpc) is 3.11. The van der Waals surface area contributed by atoms with Gasteiger partial charge in [-0.2, -0.15) is 0 Å².